The second-order valence-electron chi connectivity index (χ2n) is 11.5. The van der Waals surface area contributed by atoms with Crippen LogP contribution in [0.5, 0.6) is 5.75 Å². The minimum Gasteiger partial charge on any atom is -0.495 e. The third kappa shape index (κ3) is 8.92. The predicted octanol–water partition coefficient (Wildman–Crippen LogP) is 3.47. The van der Waals surface area contributed by atoms with Gasteiger partial charge in [0.1, 0.15) is 17.1 Å². The molecule has 1 aromatic heterocycles. The van der Waals surface area contributed by atoms with Crippen molar-refractivity contribution in [1.29, 1.82) is 0 Å². The van der Waals surface area contributed by atoms with E-state index in [1.165, 1.54) is 7.11 Å². The van der Waals surface area contributed by atoms with Crippen molar-refractivity contribution in [2.45, 2.75) is 62.8 Å². The number of carbonyl (C=O) groups is 2. The average molecular weight is 607 g/mol. The normalized spacial score (nSPS) is 20.0. The monoisotopic (exact) mass is 606 g/mol. The fourth-order valence-corrected chi connectivity index (χ4v) is 5.43. The number of rotatable bonds is 10. The third-order valence-corrected chi connectivity index (χ3v) is 7.75. The number of ether oxygens (including phenoxy) is 1. The third-order valence-electron chi connectivity index (χ3n) is 7.75. The fraction of sp³-hybridized carbons (Fsp3) is 0.586. The Morgan fingerprint density at radius 2 is 1.77 bits per heavy atom. The highest BCUT2D eigenvalue weighted by atomic mass is 19.4. The van der Waals surface area contributed by atoms with Gasteiger partial charge in [0.2, 0.25) is 11.9 Å². The second kappa shape index (κ2) is 14.2. The molecule has 0 unspecified atom stereocenters. The maximum atomic E-state index is 14.0. The maximum Gasteiger partial charge on any atom is 0.421 e. The number of amides is 2. The maximum absolute atomic E-state index is 14.0. The smallest absolute Gasteiger partial charge is 0.421 e. The molecule has 43 heavy (non-hydrogen) atoms. The number of nitrogens with one attached hydrogen (secondary N) is 4. The number of halogens is 3. The van der Waals surface area contributed by atoms with E-state index in [1.807, 2.05) is 7.05 Å². The summed E-state index contributed by atoms with van der Waals surface area (Å²) in [5.41, 5.74) is -0.220. The van der Waals surface area contributed by atoms with Crippen LogP contribution in [0.25, 0.3) is 0 Å². The van der Waals surface area contributed by atoms with Crippen LogP contribution in [0.4, 0.5) is 30.6 Å². The van der Waals surface area contributed by atoms with Crippen molar-refractivity contribution in [3.8, 4) is 5.75 Å². The standard InChI is InChI=1S/C29H41F3N8O3/c1-39(2)17-25(41)35-21-7-5-6-8-22(21)36-26-20(29(30,31)32)16-33-28(38-26)37-23-10-9-18(15-24(23)43-4)27(42)34-19-11-13-40(3)14-12-19/h9-10,15-16,19,21-22H,5-8,11-14,17H2,1-4H3,(H,34,42)(H,35,41)(H2,33,36,37,38)/t21-,22-/m1/s1. The molecule has 236 valence electrons. The lowest BCUT2D eigenvalue weighted by atomic mass is 9.90. The van der Waals surface area contributed by atoms with E-state index in [0.29, 0.717) is 29.8 Å². The van der Waals surface area contributed by atoms with Gasteiger partial charge in [-0.05, 0) is 78.1 Å². The Bertz CT molecular complexity index is 1270. The molecule has 2 aromatic rings. The molecule has 0 spiro atoms. The van der Waals surface area contributed by atoms with E-state index in [4.69, 9.17) is 4.74 Å². The van der Waals surface area contributed by atoms with Crippen molar-refractivity contribution in [3.63, 3.8) is 0 Å². The van der Waals surface area contributed by atoms with Crippen LogP contribution in [0.3, 0.4) is 0 Å². The summed E-state index contributed by atoms with van der Waals surface area (Å²) in [6.07, 6.45) is 0.657. The first-order valence-corrected chi connectivity index (χ1v) is 14.5. The Morgan fingerprint density at radius 1 is 1.07 bits per heavy atom. The van der Waals surface area contributed by atoms with Gasteiger partial charge in [-0.15, -0.1) is 0 Å². The van der Waals surface area contributed by atoms with E-state index >= 15 is 0 Å². The van der Waals surface area contributed by atoms with Gasteiger partial charge in [-0.25, -0.2) is 4.98 Å². The summed E-state index contributed by atoms with van der Waals surface area (Å²) in [7, 11) is 7.03. The Balaban J connectivity index is 1.52. The topological polar surface area (TPSA) is 124 Å². The molecule has 2 atom stereocenters. The molecule has 4 rings (SSSR count). The fourth-order valence-electron chi connectivity index (χ4n) is 5.43. The van der Waals surface area contributed by atoms with E-state index in [0.717, 1.165) is 45.0 Å². The number of carbonyl (C=O) groups excluding carboxylic acids is 2. The predicted molar refractivity (Wildman–Crippen MR) is 158 cm³/mol. The van der Waals surface area contributed by atoms with E-state index in [-0.39, 0.29) is 42.2 Å². The molecule has 11 nitrogen and oxygen atoms in total. The first kappa shape index (κ1) is 32.3. The van der Waals surface area contributed by atoms with Crippen LogP contribution in [-0.4, -0.2) is 97.6 Å². The molecule has 0 bridgehead atoms. The highest BCUT2D eigenvalue weighted by Crippen LogP contribution is 2.36. The number of piperidine rings is 1. The lowest BCUT2D eigenvalue weighted by molar-refractivity contribution is -0.137. The number of likely N-dealkylation sites (tertiary alicyclic amines) is 1. The number of methoxy groups -OCH3 is 1. The van der Waals surface area contributed by atoms with Crippen molar-refractivity contribution in [1.82, 2.24) is 30.4 Å². The first-order valence-electron chi connectivity index (χ1n) is 14.5. The zero-order valence-electron chi connectivity index (χ0n) is 25.1. The molecule has 2 heterocycles. The SMILES string of the molecule is COc1cc(C(=O)NC2CCN(C)CC2)ccc1Nc1ncc(C(F)(F)F)c(N[C@@H]2CCCC[C@H]2NC(=O)CN(C)C)n1. The summed E-state index contributed by atoms with van der Waals surface area (Å²) < 4.78 is 47.4. The molecular weight excluding hydrogens is 565 g/mol. The molecule has 2 aliphatic rings. The lowest BCUT2D eigenvalue weighted by Crippen LogP contribution is -2.50. The molecule has 2 fully saturated rings. The summed E-state index contributed by atoms with van der Waals surface area (Å²) >= 11 is 0. The number of hydrogen-bond donors (Lipinski definition) is 4. The summed E-state index contributed by atoms with van der Waals surface area (Å²) in [6.45, 7) is 2.00. The van der Waals surface area contributed by atoms with Gasteiger partial charge < -0.3 is 35.8 Å². The Kier molecular flexibility index (Phi) is 10.7. The van der Waals surface area contributed by atoms with Crippen molar-refractivity contribution in [2.24, 2.45) is 0 Å². The number of likely N-dealkylation sites (N-methyl/N-ethyl adjacent to an activating group) is 1. The number of nitrogens with zero attached hydrogens (tertiary/aromatic N) is 4. The molecule has 0 radical (unpaired) electrons. The molecule has 1 aliphatic carbocycles. The first-order chi connectivity index (χ1) is 20.4. The van der Waals surface area contributed by atoms with Crippen molar-refractivity contribution >= 4 is 29.3 Å². The molecule has 4 N–H and O–H groups in total. The Labute approximate surface area is 250 Å². The van der Waals surface area contributed by atoms with E-state index in [1.54, 1.807) is 37.2 Å². The Morgan fingerprint density at radius 3 is 2.42 bits per heavy atom. The number of benzene rings is 1. The summed E-state index contributed by atoms with van der Waals surface area (Å²) in [6, 6.07) is 4.08. The zero-order valence-corrected chi connectivity index (χ0v) is 25.1. The van der Waals surface area contributed by atoms with Gasteiger partial charge in [-0.1, -0.05) is 12.8 Å². The number of hydrogen-bond acceptors (Lipinski definition) is 9. The van der Waals surface area contributed by atoms with Gasteiger partial charge in [-0.3, -0.25) is 9.59 Å². The molecule has 1 aromatic carbocycles. The number of aromatic nitrogens is 2. The molecule has 1 saturated heterocycles. The molecule has 14 heteroatoms. The molecular formula is C29H41F3N8O3. The summed E-state index contributed by atoms with van der Waals surface area (Å²) in [4.78, 5) is 37.3. The van der Waals surface area contributed by atoms with Crippen LogP contribution in [0.2, 0.25) is 0 Å². The Hall–Kier alpha value is -3.65. The summed E-state index contributed by atoms with van der Waals surface area (Å²) in [5.74, 6) is -0.570. The second-order valence-corrected chi connectivity index (χ2v) is 11.5. The lowest BCUT2D eigenvalue weighted by Gasteiger charge is -2.34. The molecule has 1 aliphatic heterocycles. The van der Waals surface area contributed by atoms with Crippen molar-refractivity contribution < 1.29 is 27.5 Å². The number of alkyl halides is 3. The van der Waals surface area contributed by atoms with Crippen LogP contribution in [-0.2, 0) is 11.0 Å². The van der Waals surface area contributed by atoms with E-state index in [2.05, 4.69) is 36.1 Å². The van der Waals surface area contributed by atoms with Crippen LogP contribution in [0.15, 0.2) is 24.4 Å². The van der Waals surface area contributed by atoms with Gasteiger partial charge in [0.15, 0.2) is 0 Å². The molecule has 2 amide bonds. The van der Waals surface area contributed by atoms with Crippen LogP contribution >= 0.6 is 0 Å². The highest BCUT2D eigenvalue weighted by molar-refractivity contribution is 5.95. The largest absolute Gasteiger partial charge is 0.495 e. The van der Waals surface area contributed by atoms with Crippen molar-refractivity contribution in [3.05, 3.63) is 35.5 Å². The quantitative estimate of drug-likeness (QED) is 0.322. The van der Waals surface area contributed by atoms with E-state index in [9.17, 15) is 22.8 Å². The van der Waals surface area contributed by atoms with Gasteiger partial charge in [0, 0.05) is 29.9 Å². The highest BCUT2D eigenvalue weighted by Gasteiger charge is 2.37. The zero-order chi connectivity index (χ0) is 31.1. The van der Waals surface area contributed by atoms with E-state index < -0.39 is 17.8 Å². The van der Waals surface area contributed by atoms with Gasteiger partial charge in [-0.2, -0.15) is 18.2 Å². The van der Waals surface area contributed by atoms with Crippen molar-refractivity contribution in [2.75, 3.05) is 58.5 Å². The van der Waals surface area contributed by atoms with Gasteiger partial charge >= 0.3 is 6.18 Å². The van der Waals surface area contributed by atoms with Crippen LogP contribution in [0, 0.1) is 0 Å². The van der Waals surface area contributed by atoms with Crippen LogP contribution in [0.1, 0.15) is 54.4 Å². The van der Waals surface area contributed by atoms with Gasteiger partial charge in [0.25, 0.3) is 5.91 Å². The number of anilines is 3. The van der Waals surface area contributed by atoms with Crippen LogP contribution < -0.4 is 26.0 Å². The minimum absolute atomic E-state index is 0.0821. The average Bonchev–Trinajstić information content (AvgIpc) is 2.94. The van der Waals surface area contributed by atoms with Gasteiger partial charge in [0.05, 0.1) is 19.3 Å². The molecule has 1 saturated carbocycles. The minimum atomic E-state index is -4.69. The summed E-state index contributed by atoms with van der Waals surface area (Å²) in [5, 5.41) is 11.9.